The summed E-state index contributed by atoms with van der Waals surface area (Å²) < 4.78 is 0. The molecule has 0 aliphatic heterocycles. The molecule has 1 unspecified atom stereocenters. The average molecular weight is 248 g/mol. The second-order valence-corrected chi connectivity index (χ2v) is 5.23. The second kappa shape index (κ2) is 6.55. The standard InChI is InChI=1S/C15H24N2O/c1-10(2)14(9-16)15(18)17-12(4)13-7-5-11(3)6-8-13/h5-8,10,12,14H,9,16H2,1-4H3,(H,17,18)/t12-,14?/m0/s1. The molecule has 1 amide bonds. The number of benzene rings is 1. The molecule has 100 valence electrons. The summed E-state index contributed by atoms with van der Waals surface area (Å²) in [7, 11) is 0. The molecule has 0 spiro atoms. The van der Waals surface area contributed by atoms with Gasteiger partial charge in [0, 0.05) is 6.54 Å². The van der Waals surface area contributed by atoms with E-state index < -0.39 is 0 Å². The Labute approximate surface area is 110 Å². The summed E-state index contributed by atoms with van der Waals surface area (Å²) in [6.07, 6.45) is 0. The molecule has 0 aliphatic carbocycles. The Balaban J connectivity index is 2.66. The average Bonchev–Trinajstić information content (AvgIpc) is 2.29. The van der Waals surface area contributed by atoms with Crippen LogP contribution in [0.5, 0.6) is 0 Å². The van der Waals surface area contributed by atoms with E-state index in [4.69, 9.17) is 5.73 Å². The van der Waals surface area contributed by atoms with Gasteiger partial charge in [-0.15, -0.1) is 0 Å². The molecule has 0 fully saturated rings. The van der Waals surface area contributed by atoms with Crippen LogP contribution in [0.25, 0.3) is 0 Å². The van der Waals surface area contributed by atoms with Crippen molar-refractivity contribution in [2.75, 3.05) is 6.54 Å². The minimum Gasteiger partial charge on any atom is -0.349 e. The third-order valence-electron chi connectivity index (χ3n) is 3.33. The minimum absolute atomic E-state index is 0.0194. The van der Waals surface area contributed by atoms with Crippen molar-refractivity contribution >= 4 is 5.91 Å². The molecule has 18 heavy (non-hydrogen) atoms. The highest BCUT2D eigenvalue weighted by Gasteiger charge is 2.21. The van der Waals surface area contributed by atoms with Crippen LogP contribution in [0.4, 0.5) is 0 Å². The summed E-state index contributed by atoms with van der Waals surface area (Å²) in [4.78, 5) is 12.1. The summed E-state index contributed by atoms with van der Waals surface area (Å²) in [5.41, 5.74) is 7.99. The molecule has 2 atom stereocenters. The van der Waals surface area contributed by atoms with Crippen LogP contribution in [0.15, 0.2) is 24.3 Å². The number of hydrogen-bond donors (Lipinski definition) is 2. The van der Waals surface area contributed by atoms with E-state index in [1.807, 2.05) is 32.9 Å². The number of carbonyl (C=O) groups excluding carboxylic acids is 1. The molecule has 1 aromatic rings. The highest BCUT2D eigenvalue weighted by atomic mass is 16.2. The molecule has 3 heteroatoms. The van der Waals surface area contributed by atoms with Crippen LogP contribution >= 0.6 is 0 Å². The normalized spacial score (nSPS) is 14.3. The van der Waals surface area contributed by atoms with Gasteiger partial charge in [-0.25, -0.2) is 0 Å². The quantitative estimate of drug-likeness (QED) is 0.840. The molecule has 1 aromatic carbocycles. The molecule has 0 saturated heterocycles. The van der Waals surface area contributed by atoms with Crippen molar-refractivity contribution < 1.29 is 4.79 Å². The largest absolute Gasteiger partial charge is 0.349 e. The maximum absolute atomic E-state index is 12.1. The van der Waals surface area contributed by atoms with Crippen LogP contribution in [0.3, 0.4) is 0 Å². The van der Waals surface area contributed by atoms with Crippen molar-refractivity contribution in [3.63, 3.8) is 0 Å². The van der Waals surface area contributed by atoms with Crippen molar-refractivity contribution in [2.45, 2.75) is 33.7 Å². The zero-order valence-electron chi connectivity index (χ0n) is 11.7. The Morgan fingerprint density at radius 3 is 2.22 bits per heavy atom. The number of carbonyl (C=O) groups is 1. The number of hydrogen-bond acceptors (Lipinski definition) is 2. The van der Waals surface area contributed by atoms with Crippen LogP contribution in [0.1, 0.15) is 37.9 Å². The van der Waals surface area contributed by atoms with E-state index in [2.05, 4.69) is 24.4 Å². The summed E-state index contributed by atoms with van der Waals surface area (Å²) >= 11 is 0. The topological polar surface area (TPSA) is 55.1 Å². The zero-order chi connectivity index (χ0) is 13.7. The Hall–Kier alpha value is -1.35. The van der Waals surface area contributed by atoms with Gasteiger partial charge in [0.1, 0.15) is 0 Å². The van der Waals surface area contributed by atoms with Gasteiger partial charge in [0.2, 0.25) is 5.91 Å². The van der Waals surface area contributed by atoms with Gasteiger partial charge in [-0.05, 0) is 25.3 Å². The molecule has 0 heterocycles. The summed E-state index contributed by atoms with van der Waals surface area (Å²) in [6, 6.07) is 8.23. The maximum Gasteiger partial charge on any atom is 0.225 e. The fourth-order valence-corrected chi connectivity index (χ4v) is 1.94. The minimum atomic E-state index is -0.113. The van der Waals surface area contributed by atoms with E-state index in [1.54, 1.807) is 0 Å². The van der Waals surface area contributed by atoms with Crippen molar-refractivity contribution in [3.05, 3.63) is 35.4 Å². The number of nitrogens with one attached hydrogen (secondary N) is 1. The number of nitrogens with two attached hydrogens (primary N) is 1. The summed E-state index contributed by atoms with van der Waals surface area (Å²) in [5.74, 6) is 0.193. The molecular formula is C15H24N2O. The Bertz CT molecular complexity index is 384. The van der Waals surface area contributed by atoms with Gasteiger partial charge in [-0.2, -0.15) is 0 Å². The zero-order valence-corrected chi connectivity index (χ0v) is 11.7. The van der Waals surface area contributed by atoms with Gasteiger partial charge >= 0.3 is 0 Å². The van der Waals surface area contributed by atoms with Crippen LogP contribution in [-0.2, 0) is 4.79 Å². The highest BCUT2D eigenvalue weighted by molar-refractivity contribution is 5.79. The lowest BCUT2D eigenvalue weighted by atomic mass is 9.94. The first-order valence-electron chi connectivity index (χ1n) is 6.52. The van der Waals surface area contributed by atoms with E-state index in [-0.39, 0.29) is 23.8 Å². The second-order valence-electron chi connectivity index (χ2n) is 5.23. The third-order valence-corrected chi connectivity index (χ3v) is 3.33. The number of rotatable bonds is 5. The highest BCUT2D eigenvalue weighted by Crippen LogP contribution is 2.16. The van der Waals surface area contributed by atoms with Gasteiger partial charge in [-0.1, -0.05) is 43.7 Å². The first kappa shape index (κ1) is 14.7. The first-order chi connectivity index (χ1) is 8.45. The SMILES string of the molecule is Cc1ccc([C@H](C)NC(=O)C(CN)C(C)C)cc1. The molecule has 0 aliphatic rings. The molecule has 3 N–H and O–H groups in total. The monoisotopic (exact) mass is 248 g/mol. The van der Waals surface area contributed by atoms with E-state index >= 15 is 0 Å². The van der Waals surface area contributed by atoms with Gasteiger partial charge in [-0.3, -0.25) is 4.79 Å². The molecular weight excluding hydrogens is 224 g/mol. The van der Waals surface area contributed by atoms with Crippen molar-refractivity contribution in [3.8, 4) is 0 Å². The van der Waals surface area contributed by atoms with E-state index in [0.29, 0.717) is 6.54 Å². The van der Waals surface area contributed by atoms with Crippen molar-refractivity contribution in [2.24, 2.45) is 17.6 Å². The van der Waals surface area contributed by atoms with Gasteiger partial charge < -0.3 is 11.1 Å². The van der Waals surface area contributed by atoms with Crippen LogP contribution in [-0.4, -0.2) is 12.5 Å². The number of amides is 1. The van der Waals surface area contributed by atoms with Gasteiger partial charge in [0.15, 0.2) is 0 Å². The fraction of sp³-hybridized carbons (Fsp3) is 0.533. The lowest BCUT2D eigenvalue weighted by molar-refractivity contribution is -0.126. The van der Waals surface area contributed by atoms with Crippen LogP contribution < -0.4 is 11.1 Å². The smallest absolute Gasteiger partial charge is 0.225 e. The Kier molecular flexibility index (Phi) is 5.35. The van der Waals surface area contributed by atoms with E-state index in [9.17, 15) is 4.79 Å². The van der Waals surface area contributed by atoms with E-state index in [1.165, 1.54) is 5.56 Å². The van der Waals surface area contributed by atoms with Gasteiger partial charge in [0.05, 0.1) is 12.0 Å². The van der Waals surface area contributed by atoms with Crippen molar-refractivity contribution in [1.82, 2.24) is 5.32 Å². The van der Waals surface area contributed by atoms with Crippen LogP contribution in [0, 0.1) is 18.8 Å². The molecule has 0 bridgehead atoms. The first-order valence-corrected chi connectivity index (χ1v) is 6.52. The fourth-order valence-electron chi connectivity index (χ4n) is 1.94. The van der Waals surface area contributed by atoms with Crippen molar-refractivity contribution in [1.29, 1.82) is 0 Å². The molecule has 0 radical (unpaired) electrons. The van der Waals surface area contributed by atoms with Gasteiger partial charge in [0.25, 0.3) is 0 Å². The predicted octanol–water partition coefficient (Wildman–Crippen LogP) is 2.40. The molecule has 1 rings (SSSR count). The third kappa shape index (κ3) is 3.84. The lowest BCUT2D eigenvalue weighted by Gasteiger charge is -2.22. The Morgan fingerprint density at radius 2 is 1.78 bits per heavy atom. The Morgan fingerprint density at radius 1 is 1.22 bits per heavy atom. The lowest BCUT2D eigenvalue weighted by Crippen LogP contribution is -2.39. The molecule has 0 saturated carbocycles. The molecule has 0 aromatic heterocycles. The molecule has 3 nitrogen and oxygen atoms in total. The summed E-state index contributed by atoms with van der Waals surface area (Å²) in [5, 5.41) is 3.03. The maximum atomic E-state index is 12.1. The number of aryl methyl sites for hydroxylation is 1. The predicted molar refractivity (Wildman–Crippen MR) is 75.1 cm³/mol. The van der Waals surface area contributed by atoms with E-state index in [0.717, 1.165) is 5.56 Å². The van der Waals surface area contributed by atoms with Crippen LogP contribution in [0.2, 0.25) is 0 Å². The summed E-state index contributed by atoms with van der Waals surface area (Å²) in [6.45, 7) is 8.48.